The molecule has 6 heteroatoms. The van der Waals surface area contributed by atoms with Gasteiger partial charge in [-0.25, -0.2) is 0 Å². The van der Waals surface area contributed by atoms with Gasteiger partial charge in [-0.05, 0) is 31.4 Å². The second-order valence-corrected chi connectivity index (χ2v) is 6.42. The number of furan rings is 1. The molecule has 0 amide bonds. The molecule has 6 nitrogen and oxygen atoms in total. The van der Waals surface area contributed by atoms with Crippen LogP contribution in [0, 0.1) is 5.92 Å². The summed E-state index contributed by atoms with van der Waals surface area (Å²) in [6.45, 7) is 8.00. The monoisotopic (exact) mass is 351 g/mol. The fourth-order valence-corrected chi connectivity index (χ4v) is 2.61. The van der Waals surface area contributed by atoms with Crippen LogP contribution in [0.1, 0.15) is 38.4 Å². The average molecular weight is 351 g/mol. The van der Waals surface area contributed by atoms with E-state index in [1.807, 2.05) is 12.1 Å². The van der Waals surface area contributed by atoms with Crippen LogP contribution in [0.3, 0.4) is 0 Å². The molecule has 0 spiro atoms. The van der Waals surface area contributed by atoms with Crippen LogP contribution in [0.5, 0.6) is 0 Å². The number of ether oxygens (including phenoxy) is 2. The van der Waals surface area contributed by atoms with Gasteiger partial charge in [0.2, 0.25) is 0 Å². The Morgan fingerprint density at radius 1 is 1.28 bits per heavy atom. The number of rotatable bonds is 12. The number of guanidine groups is 1. The van der Waals surface area contributed by atoms with Gasteiger partial charge in [0.1, 0.15) is 5.76 Å². The Balaban J connectivity index is 1.66. The maximum Gasteiger partial charge on any atom is 0.191 e. The van der Waals surface area contributed by atoms with E-state index in [2.05, 4.69) is 17.6 Å². The fourth-order valence-electron chi connectivity index (χ4n) is 2.61. The summed E-state index contributed by atoms with van der Waals surface area (Å²) < 4.78 is 16.4. The lowest BCUT2D eigenvalue weighted by Gasteiger charge is -2.13. The van der Waals surface area contributed by atoms with Crippen LogP contribution in [0.2, 0.25) is 0 Å². The molecule has 1 aliphatic rings. The minimum absolute atomic E-state index is 0.543. The van der Waals surface area contributed by atoms with Crippen LogP contribution in [0.25, 0.3) is 0 Å². The molecule has 0 aromatic carbocycles. The van der Waals surface area contributed by atoms with E-state index in [4.69, 9.17) is 18.9 Å². The topological polar surface area (TPSA) is 68.0 Å². The normalized spacial score (nSPS) is 17.8. The lowest BCUT2D eigenvalue weighted by molar-refractivity contribution is 0.129. The zero-order valence-corrected chi connectivity index (χ0v) is 15.5. The molecule has 0 aliphatic carbocycles. The van der Waals surface area contributed by atoms with Crippen molar-refractivity contribution in [3.05, 3.63) is 24.2 Å². The van der Waals surface area contributed by atoms with Gasteiger partial charge in [-0.3, -0.25) is 4.99 Å². The van der Waals surface area contributed by atoms with E-state index < -0.39 is 0 Å². The Morgan fingerprint density at radius 2 is 2.16 bits per heavy atom. The molecule has 1 aromatic heterocycles. The average Bonchev–Trinajstić information content (AvgIpc) is 3.32. The molecule has 1 aliphatic heterocycles. The first-order valence-electron chi connectivity index (χ1n) is 9.58. The van der Waals surface area contributed by atoms with Crippen molar-refractivity contribution in [1.29, 1.82) is 0 Å². The standard InChI is InChI=1S/C19H33N3O3/c1-2-3-11-23-12-5-9-20-19(22-15-17-8-14-24-16-17)21-10-7-18-6-4-13-25-18/h4,6,13,17H,2-3,5,7-12,14-16H2,1H3,(H2,20,21,22). The van der Waals surface area contributed by atoms with Gasteiger partial charge < -0.3 is 24.5 Å². The highest BCUT2D eigenvalue weighted by molar-refractivity contribution is 5.79. The van der Waals surface area contributed by atoms with E-state index in [0.717, 1.165) is 83.5 Å². The first kappa shape index (κ1) is 19.8. The van der Waals surface area contributed by atoms with Gasteiger partial charge in [0.25, 0.3) is 0 Å². The maximum atomic E-state index is 5.60. The summed E-state index contributed by atoms with van der Waals surface area (Å²) in [5, 5.41) is 6.79. The summed E-state index contributed by atoms with van der Waals surface area (Å²) in [5.74, 6) is 2.40. The molecule has 0 radical (unpaired) electrons. The van der Waals surface area contributed by atoms with Crippen LogP contribution in [0.4, 0.5) is 0 Å². The zero-order valence-electron chi connectivity index (χ0n) is 15.5. The summed E-state index contributed by atoms with van der Waals surface area (Å²) in [6, 6.07) is 3.91. The van der Waals surface area contributed by atoms with Gasteiger partial charge >= 0.3 is 0 Å². The Morgan fingerprint density at radius 3 is 2.92 bits per heavy atom. The Kier molecular flexibility index (Phi) is 10.1. The van der Waals surface area contributed by atoms with Crippen molar-refractivity contribution in [1.82, 2.24) is 10.6 Å². The molecule has 25 heavy (non-hydrogen) atoms. The van der Waals surface area contributed by atoms with Gasteiger partial charge in [0.05, 0.1) is 12.9 Å². The van der Waals surface area contributed by atoms with Crippen molar-refractivity contribution in [3.8, 4) is 0 Å². The van der Waals surface area contributed by atoms with Crippen molar-refractivity contribution < 1.29 is 13.9 Å². The van der Waals surface area contributed by atoms with Crippen molar-refractivity contribution in [3.63, 3.8) is 0 Å². The zero-order chi connectivity index (χ0) is 17.6. The number of hydrogen-bond acceptors (Lipinski definition) is 4. The third-order valence-electron chi connectivity index (χ3n) is 4.18. The SMILES string of the molecule is CCCCOCCCNC(=NCC1CCOC1)NCCc1ccco1. The van der Waals surface area contributed by atoms with E-state index in [9.17, 15) is 0 Å². The molecular weight excluding hydrogens is 318 g/mol. The van der Waals surface area contributed by atoms with Gasteiger partial charge in [-0.1, -0.05) is 13.3 Å². The predicted octanol–water partition coefficient (Wildman–Crippen LogP) is 2.60. The summed E-state index contributed by atoms with van der Waals surface area (Å²) in [7, 11) is 0. The molecule has 1 unspecified atom stereocenters. The Labute approximate surface area is 151 Å². The fraction of sp³-hybridized carbons (Fsp3) is 0.737. The van der Waals surface area contributed by atoms with Crippen LogP contribution < -0.4 is 10.6 Å². The molecule has 0 saturated carbocycles. The summed E-state index contributed by atoms with van der Waals surface area (Å²) in [4.78, 5) is 4.71. The maximum absolute atomic E-state index is 5.60. The van der Waals surface area contributed by atoms with Crippen molar-refractivity contribution in [2.75, 3.05) is 46.1 Å². The summed E-state index contributed by atoms with van der Waals surface area (Å²) in [6.07, 6.45) is 6.96. The minimum atomic E-state index is 0.543. The van der Waals surface area contributed by atoms with Crippen LogP contribution in [0.15, 0.2) is 27.8 Å². The number of unbranched alkanes of at least 4 members (excludes halogenated alkanes) is 1. The second-order valence-electron chi connectivity index (χ2n) is 6.42. The smallest absolute Gasteiger partial charge is 0.191 e. The van der Waals surface area contributed by atoms with Gasteiger partial charge in [0, 0.05) is 51.8 Å². The van der Waals surface area contributed by atoms with E-state index in [0.29, 0.717) is 5.92 Å². The minimum Gasteiger partial charge on any atom is -0.469 e. The van der Waals surface area contributed by atoms with Crippen LogP contribution in [-0.2, 0) is 15.9 Å². The molecule has 1 saturated heterocycles. The Bertz CT molecular complexity index is 456. The lowest BCUT2D eigenvalue weighted by atomic mass is 10.1. The van der Waals surface area contributed by atoms with Gasteiger partial charge in [0.15, 0.2) is 5.96 Å². The summed E-state index contributed by atoms with van der Waals surface area (Å²) >= 11 is 0. The molecule has 0 bridgehead atoms. The molecule has 142 valence electrons. The molecule has 2 rings (SSSR count). The second kappa shape index (κ2) is 12.8. The van der Waals surface area contributed by atoms with Crippen LogP contribution in [-0.4, -0.2) is 52.0 Å². The molecule has 1 aromatic rings. The number of aliphatic imine (C=N–C) groups is 1. The van der Waals surface area contributed by atoms with E-state index in [1.165, 1.54) is 6.42 Å². The highest BCUT2D eigenvalue weighted by Gasteiger charge is 2.15. The quantitative estimate of drug-likeness (QED) is 0.344. The molecule has 1 fully saturated rings. The van der Waals surface area contributed by atoms with Crippen molar-refractivity contribution in [2.24, 2.45) is 10.9 Å². The van der Waals surface area contributed by atoms with E-state index >= 15 is 0 Å². The highest BCUT2D eigenvalue weighted by atomic mass is 16.5. The largest absolute Gasteiger partial charge is 0.469 e. The van der Waals surface area contributed by atoms with E-state index in [1.54, 1.807) is 6.26 Å². The third-order valence-corrected chi connectivity index (χ3v) is 4.18. The van der Waals surface area contributed by atoms with Gasteiger partial charge in [-0.15, -0.1) is 0 Å². The Hall–Kier alpha value is -1.53. The van der Waals surface area contributed by atoms with Crippen molar-refractivity contribution >= 4 is 5.96 Å². The lowest BCUT2D eigenvalue weighted by Crippen LogP contribution is -2.39. The first-order chi connectivity index (χ1) is 12.4. The molecule has 2 N–H and O–H groups in total. The molecule has 2 heterocycles. The first-order valence-corrected chi connectivity index (χ1v) is 9.58. The molecular formula is C19H33N3O3. The van der Waals surface area contributed by atoms with Gasteiger partial charge in [-0.2, -0.15) is 0 Å². The number of hydrogen-bond donors (Lipinski definition) is 2. The summed E-state index contributed by atoms with van der Waals surface area (Å²) in [5.41, 5.74) is 0. The third kappa shape index (κ3) is 8.93. The number of nitrogens with zero attached hydrogens (tertiary/aromatic N) is 1. The van der Waals surface area contributed by atoms with E-state index in [-0.39, 0.29) is 0 Å². The predicted molar refractivity (Wildman–Crippen MR) is 100.0 cm³/mol. The number of nitrogens with one attached hydrogen (secondary N) is 2. The van der Waals surface area contributed by atoms with Crippen molar-refractivity contribution in [2.45, 2.75) is 39.0 Å². The van der Waals surface area contributed by atoms with Crippen LogP contribution >= 0.6 is 0 Å². The molecule has 1 atom stereocenters. The highest BCUT2D eigenvalue weighted by Crippen LogP contribution is 2.12.